The molecule has 0 bridgehead atoms. The molecule has 11 atom stereocenters. The van der Waals surface area contributed by atoms with Gasteiger partial charge in [0, 0.05) is 0 Å². The zero-order valence-electron chi connectivity index (χ0n) is 19.3. The molecule has 0 unspecified atom stereocenters. The van der Waals surface area contributed by atoms with Crippen LogP contribution in [0.1, 0.15) is 86.0 Å². The summed E-state index contributed by atoms with van der Waals surface area (Å²) in [5.74, 6) is 2.64. The first-order valence-corrected chi connectivity index (χ1v) is 12.3. The number of aliphatic hydroxyl groups excluding tert-OH is 3. The highest BCUT2D eigenvalue weighted by Crippen LogP contribution is 2.68. The van der Waals surface area contributed by atoms with Gasteiger partial charge in [-0.3, -0.25) is 0 Å². The van der Waals surface area contributed by atoms with Gasteiger partial charge in [-0.25, -0.2) is 0 Å². The molecule has 4 aliphatic carbocycles. The van der Waals surface area contributed by atoms with E-state index in [0.29, 0.717) is 35.5 Å². The van der Waals surface area contributed by atoms with Gasteiger partial charge in [-0.05, 0) is 112 Å². The van der Waals surface area contributed by atoms with Gasteiger partial charge in [0.1, 0.15) is 0 Å². The molecule has 3 nitrogen and oxygen atoms in total. The smallest absolute Gasteiger partial charge is 0.0602 e. The standard InChI is InChI=1S/C26H44O3/c1-15(2)6-7-16(3)19-8-9-20-24-21(14-23(29)26(19,20)5)25(4)11-10-18(27)12-17(25)13-22(24)28/h6,16-24,27-29H,7-14H2,1-5H3/t16-,17+,18-,19-,20+,21+,22-,23+,24+,25+,26-/m1/s1. The van der Waals surface area contributed by atoms with E-state index >= 15 is 0 Å². The second-order valence-electron chi connectivity index (χ2n) is 12.0. The van der Waals surface area contributed by atoms with Gasteiger partial charge in [0.2, 0.25) is 0 Å². The zero-order valence-corrected chi connectivity index (χ0v) is 19.3. The molecule has 4 aliphatic rings. The molecule has 3 N–H and O–H groups in total. The third kappa shape index (κ3) is 3.34. The largest absolute Gasteiger partial charge is 0.393 e. The fraction of sp³-hybridized carbons (Fsp3) is 0.923. The second-order valence-corrected chi connectivity index (χ2v) is 12.0. The van der Waals surface area contributed by atoms with Crippen LogP contribution >= 0.6 is 0 Å². The lowest BCUT2D eigenvalue weighted by molar-refractivity contribution is -0.206. The van der Waals surface area contributed by atoms with Crippen molar-refractivity contribution in [1.29, 1.82) is 0 Å². The van der Waals surface area contributed by atoms with Crippen molar-refractivity contribution < 1.29 is 15.3 Å². The van der Waals surface area contributed by atoms with Crippen LogP contribution in [-0.4, -0.2) is 33.6 Å². The minimum atomic E-state index is -0.273. The predicted octanol–water partition coefficient (Wildman–Crippen LogP) is 4.94. The Morgan fingerprint density at radius 3 is 2.41 bits per heavy atom. The fourth-order valence-electron chi connectivity index (χ4n) is 8.72. The molecule has 0 aromatic rings. The first-order valence-electron chi connectivity index (χ1n) is 12.3. The van der Waals surface area contributed by atoms with Crippen LogP contribution in [0.15, 0.2) is 11.6 Å². The molecule has 0 spiro atoms. The van der Waals surface area contributed by atoms with Crippen molar-refractivity contribution in [3.05, 3.63) is 11.6 Å². The third-order valence-electron chi connectivity index (χ3n) is 10.4. The molecule has 0 aliphatic heterocycles. The Morgan fingerprint density at radius 1 is 1.00 bits per heavy atom. The van der Waals surface area contributed by atoms with Crippen LogP contribution < -0.4 is 0 Å². The molecule has 4 saturated carbocycles. The highest BCUT2D eigenvalue weighted by Gasteiger charge is 2.65. The normalized spacial score (nSPS) is 52.8. The number of rotatable bonds is 3. The molecule has 0 amide bonds. The fourth-order valence-corrected chi connectivity index (χ4v) is 8.72. The summed E-state index contributed by atoms with van der Waals surface area (Å²) in [6.45, 7) is 11.5. The van der Waals surface area contributed by atoms with Crippen LogP contribution in [0, 0.1) is 46.3 Å². The van der Waals surface area contributed by atoms with Crippen molar-refractivity contribution in [2.45, 2.75) is 104 Å². The van der Waals surface area contributed by atoms with Gasteiger partial charge in [-0.1, -0.05) is 32.4 Å². The van der Waals surface area contributed by atoms with Gasteiger partial charge in [0.25, 0.3) is 0 Å². The molecular formula is C26H44O3. The Labute approximate surface area is 178 Å². The molecule has 0 aromatic heterocycles. The van der Waals surface area contributed by atoms with E-state index in [1.54, 1.807) is 0 Å². The second kappa shape index (κ2) is 7.64. The van der Waals surface area contributed by atoms with Crippen molar-refractivity contribution in [1.82, 2.24) is 0 Å². The van der Waals surface area contributed by atoms with E-state index in [1.165, 1.54) is 12.0 Å². The Bertz CT molecular complexity index is 640. The summed E-state index contributed by atoms with van der Waals surface area (Å²) >= 11 is 0. The predicted molar refractivity (Wildman–Crippen MR) is 117 cm³/mol. The van der Waals surface area contributed by atoms with Gasteiger partial charge in [0.05, 0.1) is 18.3 Å². The molecule has 0 saturated heterocycles. The number of hydrogen-bond acceptors (Lipinski definition) is 3. The number of allylic oxidation sites excluding steroid dienone is 2. The first kappa shape index (κ1) is 21.8. The summed E-state index contributed by atoms with van der Waals surface area (Å²) in [4.78, 5) is 0. The Balaban J connectivity index is 1.62. The molecule has 0 heterocycles. The lowest BCUT2D eigenvalue weighted by Gasteiger charge is -2.63. The van der Waals surface area contributed by atoms with Crippen LogP contribution in [0.3, 0.4) is 0 Å². The van der Waals surface area contributed by atoms with Crippen LogP contribution in [0.4, 0.5) is 0 Å². The minimum absolute atomic E-state index is 0.0750. The van der Waals surface area contributed by atoms with E-state index in [4.69, 9.17) is 0 Å². The van der Waals surface area contributed by atoms with E-state index in [1.807, 2.05) is 0 Å². The molecule has 4 fully saturated rings. The highest BCUT2D eigenvalue weighted by molar-refractivity contribution is 5.14. The maximum absolute atomic E-state index is 11.6. The average molecular weight is 405 g/mol. The van der Waals surface area contributed by atoms with Gasteiger partial charge in [-0.15, -0.1) is 0 Å². The highest BCUT2D eigenvalue weighted by atomic mass is 16.3. The molecule has 0 aromatic carbocycles. The van der Waals surface area contributed by atoms with Crippen molar-refractivity contribution in [2.24, 2.45) is 46.3 Å². The third-order valence-corrected chi connectivity index (χ3v) is 10.4. The van der Waals surface area contributed by atoms with Crippen molar-refractivity contribution in [3.63, 3.8) is 0 Å². The van der Waals surface area contributed by atoms with Crippen molar-refractivity contribution in [3.8, 4) is 0 Å². The quantitative estimate of drug-likeness (QED) is 0.584. The van der Waals surface area contributed by atoms with E-state index in [-0.39, 0.29) is 29.1 Å². The van der Waals surface area contributed by atoms with Crippen LogP contribution in [0.2, 0.25) is 0 Å². The monoisotopic (exact) mass is 404 g/mol. The summed E-state index contributed by atoms with van der Waals surface area (Å²) in [5, 5.41) is 33.1. The summed E-state index contributed by atoms with van der Waals surface area (Å²) in [5.41, 5.74) is 1.47. The summed E-state index contributed by atoms with van der Waals surface area (Å²) in [6.07, 6.45) is 9.47. The first-order chi connectivity index (χ1) is 13.6. The zero-order chi connectivity index (χ0) is 21.1. The SMILES string of the molecule is CC(C)=CC[C@@H](C)[C@H]1CC[C@H]2[C@@H]3[C@H](O)C[C@@H]4C[C@H](O)CC[C@]4(C)[C@H]3C[C@H](O)[C@]12C. The Morgan fingerprint density at radius 2 is 1.72 bits per heavy atom. The number of aliphatic hydroxyl groups is 3. The average Bonchev–Trinajstić information content (AvgIpc) is 3.01. The van der Waals surface area contributed by atoms with Gasteiger partial charge < -0.3 is 15.3 Å². The van der Waals surface area contributed by atoms with Gasteiger partial charge >= 0.3 is 0 Å². The Hall–Kier alpha value is -0.380. The lowest BCUT2D eigenvalue weighted by atomic mass is 9.43. The van der Waals surface area contributed by atoms with E-state index < -0.39 is 0 Å². The summed E-state index contributed by atoms with van der Waals surface area (Å²) < 4.78 is 0. The Kier molecular flexibility index (Phi) is 5.75. The lowest BCUT2D eigenvalue weighted by Crippen LogP contribution is -2.62. The molecule has 4 rings (SSSR count). The van der Waals surface area contributed by atoms with Gasteiger partial charge in [-0.2, -0.15) is 0 Å². The maximum Gasteiger partial charge on any atom is 0.0602 e. The van der Waals surface area contributed by atoms with E-state index in [2.05, 4.69) is 40.7 Å². The molecule has 29 heavy (non-hydrogen) atoms. The topological polar surface area (TPSA) is 60.7 Å². The molecular weight excluding hydrogens is 360 g/mol. The van der Waals surface area contributed by atoms with E-state index in [0.717, 1.165) is 44.9 Å². The number of hydrogen-bond donors (Lipinski definition) is 3. The maximum atomic E-state index is 11.6. The van der Waals surface area contributed by atoms with Crippen molar-refractivity contribution in [2.75, 3.05) is 0 Å². The van der Waals surface area contributed by atoms with Crippen LogP contribution in [0.25, 0.3) is 0 Å². The van der Waals surface area contributed by atoms with Crippen LogP contribution in [-0.2, 0) is 0 Å². The molecule has 3 heteroatoms. The van der Waals surface area contributed by atoms with E-state index in [9.17, 15) is 15.3 Å². The summed E-state index contributed by atoms with van der Waals surface area (Å²) in [6, 6.07) is 0. The minimum Gasteiger partial charge on any atom is -0.393 e. The van der Waals surface area contributed by atoms with Crippen molar-refractivity contribution >= 4 is 0 Å². The molecule has 166 valence electrons. The van der Waals surface area contributed by atoms with Crippen LogP contribution in [0.5, 0.6) is 0 Å². The molecule has 0 radical (unpaired) electrons. The van der Waals surface area contributed by atoms with Gasteiger partial charge in [0.15, 0.2) is 0 Å². The number of fused-ring (bicyclic) bond motifs is 5. The summed E-state index contributed by atoms with van der Waals surface area (Å²) in [7, 11) is 0.